The lowest BCUT2D eigenvalue weighted by atomic mass is 10.2. The molecule has 0 aliphatic rings. The highest BCUT2D eigenvalue weighted by atomic mass is 16.5. The second kappa shape index (κ2) is 10.4. The standard InChI is InChI=1S/C20H26N2O3/c1-3-22-20(23)15-25-18-11-9-16(10-12-18)13-21-14-17-7-5-6-8-19(17)24-4-2/h5-12,21H,3-4,13-15H2,1-2H3,(H,22,23). The van der Waals surface area contributed by atoms with E-state index in [2.05, 4.69) is 16.7 Å². The van der Waals surface area contributed by atoms with Crippen molar-refractivity contribution in [3.63, 3.8) is 0 Å². The number of ether oxygens (including phenoxy) is 2. The van der Waals surface area contributed by atoms with Crippen molar-refractivity contribution in [1.29, 1.82) is 0 Å². The van der Waals surface area contributed by atoms with Gasteiger partial charge in [0.05, 0.1) is 6.61 Å². The third kappa shape index (κ3) is 6.47. The molecule has 25 heavy (non-hydrogen) atoms. The van der Waals surface area contributed by atoms with Crippen LogP contribution in [0.15, 0.2) is 48.5 Å². The first-order valence-electron chi connectivity index (χ1n) is 8.62. The number of likely N-dealkylation sites (N-methyl/N-ethyl adjacent to an activating group) is 1. The Bertz CT molecular complexity index is 656. The molecule has 0 bridgehead atoms. The van der Waals surface area contributed by atoms with Crippen molar-refractivity contribution in [2.24, 2.45) is 0 Å². The van der Waals surface area contributed by atoms with E-state index in [1.165, 1.54) is 0 Å². The second-order valence-corrected chi connectivity index (χ2v) is 5.53. The number of benzene rings is 2. The van der Waals surface area contributed by atoms with Gasteiger partial charge in [-0.15, -0.1) is 0 Å². The molecule has 134 valence electrons. The number of nitrogens with one attached hydrogen (secondary N) is 2. The number of hydrogen-bond donors (Lipinski definition) is 2. The smallest absolute Gasteiger partial charge is 0.257 e. The van der Waals surface area contributed by atoms with Crippen LogP contribution in [0.25, 0.3) is 0 Å². The topological polar surface area (TPSA) is 59.6 Å². The zero-order valence-electron chi connectivity index (χ0n) is 14.9. The maximum Gasteiger partial charge on any atom is 0.257 e. The lowest BCUT2D eigenvalue weighted by Gasteiger charge is -2.11. The van der Waals surface area contributed by atoms with E-state index in [1.54, 1.807) is 0 Å². The predicted molar refractivity (Wildman–Crippen MR) is 98.8 cm³/mol. The fourth-order valence-corrected chi connectivity index (χ4v) is 2.39. The van der Waals surface area contributed by atoms with Gasteiger partial charge < -0.3 is 20.1 Å². The van der Waals surface area contributed by atoms with Gasteiger partial charge in [-0.2, -0.15) is 0 Å². The highest BCUT2D eigenvalue weighted by Gasteiger charge is 2.03. The average Bonchev–Trinajstić information content (AvgIpc) is 2.63. The summed E-state index contributed by atoms with van der Waals surface area (Å²) in [6, 6.07) is 15.8. The van der Waals surface area contributed by atoms with E-state index < -0.39 is 0 Å². The molecule has 2 rings (SSSR count). The maximum atomic E-state index is 11.4. The van der Waals surface area contributed by atoms with Crippen molar-refractivity contribution >= 4 is 5.91 Å². The van der Waals surface area contributed by atoms with Gasteiger partial charge in [0.15, 0.2) is 6.61 Å². The van der Waals surface area contributed by atoms with Crippen molar-refractivity contribution in [3.05, 3.63) is 59.7 Å². The summed E-state index contributed by atoms with van der Waals surface area (Å²) in [4.78, 5) is 11.4. The Morgan fingerprint density at radius 2 is 1.72 bits per heavy atom. The molecule has 0 saturated carbocycles. The van der Waals surface area contributed by atoms with Gasteiger partial charge >= 0.3 is 0 Å². The number of hydrogen-bond acceptors (Lipinski definition) is 4. The molecule has 0 atom stereocenters. The second-order valence-electron chi connectivity index (χ2n) is 5.53. The van der Waals surface area contributed by atoms with E-state index >= 15 is 0 Å². The highest BCUT2D eigenvalue weighted by molar-refractivity contribution is 5.77. The Labute approximate surface area is 149 Å². The number of carbonyl (C=O) groups excluding carboxylic acids is 1. The fraction of sp³-hybridized carbons (Fsp3) is 0.350. The summed E-state index contributed by atoms with van der Waals surface area (Å²) in [5.74, 6) is 1.50. The van der Waals surface area contributed by atoms with E-state index in [0.29, 0.717) is 18.9 Å². The minimum atomic E-state index is -0.110. The van der Waals surface area contributed by atoms with Gasteiger partial charge in [-0.05, 0) is 37.6 Å². The molecule has 2 N–H and O–H groups in total. The molecule has 5 heteroatoms. The molecule has 0 unspecified atom stereocenters. The zero-order valence-corrected chi connectivity index (χ0v) is 14.9. The van der Waals surface area contributed by atoms with E-state index in [9.17, 15) is 4.79 Å². The Morgan fingerprint density at radius 1 is 0.960 bits per heavy atom. The van der Waals surface area contributed by atoms with Gasteiger partial charge in [-0.25, -0.2) is 0 Å². The minimum absolute atomic E-state index is 0.0413. The first-order chi connectivity index (χ1) is 12.2. The van der Waals surface area contributed by atoms with Crippen molar-refractivity contribution in [3.8, 4) is 11.5 Å². The quantitative estimate of drug-likeness (QED) is 0.697. The average molecular weight is 342 g/mol. The summed E-state index contributed by atoms with van der Waals surface area (Å²) in [6.07, 6.45) is 0. The molecule has 0 aliphatic carbocycles. The SMILES string of the molecule is CCNC(=O)COc1ccc(CNCc2ccccc2OCC)cc1. The van der Waals surface area contributed by atoms with Crippen LogP contribution in [-0.4, -0.2) is 25.7 Å². The van der Waals surface area contributed by atoms with Crippen LogP contribution >= 0.6 is 0 Å². The summed E-state index contributed by atoms with van der Waals surface area (Å²) >= 11 is 0. The zero-order chi connectivity index (χ0) is 17.9. The maximum absolute atomic E-state index is 11.4. The molecule has 0 fully saturated rings. The van der Waals surface area contributed by atoms with E-state index in [1.807, 2.05) is 56.3 Å². The molecule has 2 aromatic carbocycles. The van der Waals surface area contributed by atoms with Gasteiger partial charge in [0, 0.05) is 25.2 Å². The van der Waals surface area contributed by atoms with Gasteiger partial charge in [0.1, 0.15) is 11.5 Å². The Kier molecular flexibility index (Phi) is 7.79. The van der Waals surface area contributed by atoms with Crippen LogP contribution in [-0.2, 0) is 17.9 Å². The lowest BCUT2D eigenvalue weighted by molar-refractivity contribution is -0.122. The summed E-state index contributed by atoms with van der Waals surface area (Å²) in [5, 5.41) is 6.12. The van der Waals surface area contributed by atoms with Crippen LogP contribution in [0, 0.1) is 0 Å². The molecule has 1 amide bonds. The number of rotatable bonds is 10. The molecule has 2 aromatic rings. The van der Waals surface area contributed by atoms with E-state index in [-0.39, 0.29) is 12.5 Å². The number of para-hydroxylation sites is 1. The van der Waals surface area contributed by atoms with Crippen LogP contribution in [0.1, 0.15) is 25.0 Å². The molecule has 0 heterocycles. The van der Waals surface area contributed by atoms with Crippen molar-refractivity contribution in [2.75, 3.05) is 19.8 Å². The third-order valence-electron chi connectivity index (χ3n) is 3.58. The van der Waals surface area contributed by atoms with Crippen molar-refractivity contribution < 1.29 is 14.3 Å². The number of carbonyl (C=O) groups is 1. The van der Waals surface area contributed by atoms with E-state index in [0.717, 1.165) is 30.0 Å². The first-order valence-corrected chi connectivity index (χ1v) is 8.62. The summed E-state index contributed by atoms with van der Waals surface area (Å²) in [6.45, 7) is 6.67. The van der Waals surface area contributed by atoms with Gasteiger partial charge in [0.25, 0.3) is 5.91 Å². The monoisotopic (exact) mass is 342 g/mol. The Morgan fingerprint density at radius 3 is 2.44 bits per heavy atom. The highest BCUT2D eigenvalue weighted by Crippen LogP contribution is 2.18. The van der Waals surface area contributed by atoms with Crippen molar-refractivity contribution in [2.45, 2.75) is 26.9 Å². The fourth-order valence-electron chi connectivity index (χ4n) is 2.39. The Balaban J connectivity index is 1.79. The van der Waals surface area contributed by atoms with E-state index in [4.69, 9.17) is 9.47 Å². The minimum Gasteiger partial charge on any atom is -0.494 e. The van der Waals surface area contributed by atoms with Crippen molar-refractivity contribution in [1.82, 2.24) is 10.6 Å². The van der Waals surface area contributed by atoms with Crippen LogP contribution in [0.4, 0.5) is 0 Å². The van der Waals surface area contributed by atoms with Gasteiger partial charge in [0.2, 0.25) is 0 Å². The normalized spacial score (nSPS) is 10.3. The molecule has 0 radical (unpaired) electrons. The third-order valence-corrected chi connectivity index (χ3v) is 3.58. The number of amides is 1. The van der Waals surface area contributed by atoms with Gasteiger partial charge in [-0.3, -0.25) is 4.79 Å². The molecule has 0 aliphatic heterocycles. The predicted octanol–water partition coefficient (Wildman–Crippen LogP) is 2.89. The molecular formula is C20H26N2O3. The molecule has 0 aromatic heterocycles. The van der Waals surface area contributed by atoms with Crippen LogP contribution in [0.2, 0.25) is 0 Å². The Hall–Kier alpha value is -2.53. The van der Waals surface area contributed by atoms with Crippen LogP contribution in [0.5, 0.6) is 11.5 Å². The summed E-state index contributed by atoms with van der Waals surface area (Å²) in [7, 11) is 0. The van der Waals surface area contributed by atoms with Crippen LogP contribution in [0.3, 0.4) is 0 Å². The van der Waals surface area contributed by atoms with Gasteiger partial charge in [-0.1, -0.05) is 30.3 Å². The largest absolute Gasteiger partial charge is 0.494 e. The molecule has 0 saturated heterocycles. The molecule has 0 spiro atoms. The molecular weight excluding hydrogens is 316 g/mol. The summed E-state index contributed by atoms with van der Waals surface area (Å²) < 4.78 is 11.1. The summed E-state index contributed by atoms with van der Waals surface area (Å²) in [5.41, 5.74) is 2.30. The lowest BCUT2D eigenvalue weighted by Crippen LogP contribution is -2.28. The van der Waals surface area contributed by atoms with Crippen LogP contribution < -0.4 is 20.1 Å². The first kappa shape index (κ1) is 18.8. The molecule has 5 nitrogen and oxygen atoms in total.